The van der Waals surface area contributed by atoms with E-state index in [0.29, 0.717) is 0 Å². The van der Waals surface area contributed by atoms with Crippen LogP contribution >= 0.6 is 0 Å². The standard InChI is InChI=1S/C51H30N3O3.Al/c1-4-13-31-28(10-1)22-25-40-43(31)46-34-16-7-20-38(52-34)50-48(45-33-15-6-3-12-30(33)23-26-41(45)56-50)36-18-9-21-39(54-36)51-47(35-17-8-19-37(53-35)49(46)55-40)44-32-14-5-2-11-29(32)24-27-42(44)57-51;/h1-27,46-48H;. The molecule has 0 fully saturated rings. The van der Waals surface area contributed by atoms with Gasteiger partial charge in [-0.15, -0.1) is 0 Å². The number of pyridine rings is 3. The lowest BCUT2D eigenvalue weighted by Gasteiger charge is -2.50. The molecule has 0 N–H and O–H groups in total. The van der Waals surface area contributed by atoms with Gasteiger partial charge in [-0.25, -0.2) is 0 Å². The molecule has 6 unspecified atom stereocenters. The minimum absolute atomic E-state index is 0.312. The Morgan fingerprint density at radius 1 is 0.345 bits per heavy atom. The number of hydrogen-bond donors (Lipinski definition) is 0. The van der Waals surface area contributed by atoms with E-state index in [-0.39, 0.29) is 17.8 Å². The van der Waals surface area contributed by atoms with E-state index in [9.17, 15) is 0 Å². The Kier molecular flexibility index (Phi) is 5.34. The van der Waals surface area contributed by atoms with Crippen LogP contribution in [0, 0.1) is 0 Å². The van der Waals surface area contributed by atoms with E-state index < -0.39 is 27.5 Å². The van der Waals surface area contributed by atoms with Gasteiger partial charge >= 0.3 is 14.1 Å². The third-order valence-corrected chi connectivity index (χ3v) is 19.3. The second-order valence-electron chi connectivity index (χ2n) is 16.9. The normalized spacial score (nSPS) is 26.7. The highest BCUT2D eigenvalue weighted by Gasteiger charge is 2.85. The Morgan fingerprint density at radius 2 is 0.672 bits per heavy atom. The molecule has 3 aromatic heterocycles. The zero-order valence-electron chi connectivity index (χ0n) is 31.0. The highest BCUT2D eigenvalue weighted by molar-refractivity contribution is 6.69. The van der Waals surface area contributed by atoms with Gasteiger partial charge in [-0.2, -0.15) is 0 Å². The summed E-state index contributed by atoms with van der Waals surface area (Å²) in [5, 5.41) is 6.99. The van der Waals surface area contributed by atoms with Gasteiger partial charge in [0.25, 0.3) is 0 Å². The predicted octanol–water partition coefficient (Wildman–Crippen LogP) is 10.0. The number of ether oxygens (including phenoxy) is 3. The lowest BCUT2D eigenvalue weighted by molar-refractivity contribution is 0.0679. The molecule has 15 rings (SSSR count). The fourth-order valence-electron chi connectivity index (χ4n) is 12.6. The smallest absolute Gasteiger partial charge is 0.489 e. The van der Waals surface area contributed by atoms with Gasteiger partial charge in [0.05, 0.1) is 51.9 Å². The average molecular weight is 760 g/mol. The van der Waals surface area contributed by atoms with Crippen molar-refractivity contribution in [2.75, 3.05) is 0 Å². The molecule has 0 saturated heterocycles. The first-order chi connectivity index (χ1) is 28.7. The topological polar surface area (TPSA) is 66.4 Å². The van der Waals surface area contributed by atoms with E-state index in [1.165, 1.54) is 16.2 Å². The van der Waals surface area contributed by atoms with Gasteiger partial charge in [-0.05, 0) is 86.9 Å². The molecule has 9 aromatic rings. The zero-order chi connectivity index (χ0) is 37.5. The van der Waals surface area contributed by atoms with Crippen molar-refractivity contribution in [1.82, 2.24) is 15.0 Å². The molecular formula is C51H30AlN3O3. The Morgan fingerprint density at radius 3 is 1.02 bits per heavy atom. The summed E-state index contributed by atoms with van der Waals surface area (Å²) in [6.07, 6.45) is 0. The van der Waals surface area contributed by atoms with Crippen molar-refractivity contribution >= 4 is 46.5 Å². The van der Waals surface area contributed by atoms with E-state index in [1.807, 2.05) is 0 Å². The van der Waals surface area contributed by atoms with Crippen LogP contribution in [0.15, 0.2) is 164 Å². The van der Waals surface area contributed by atoms with Crippen molar-refractivity contribution in [3.05, 3.63) is 215 Å². The number of aromatic nitrogens is 3. The average Bonchev–Trinajstić information content (AvgIpc) is 3.91. The van der Waals surface area contributed by atoms with Gasteiger partial charge in [-0.1, -0.05) is 109 Å². The van der Waals surface area contributed by atoms with Crippen molar-refractivity contribution in [3.8, 4) is 17.2 Å². The molecular weight excluding hydrogens is 730 g/mol. The maximum Gasteiger partial charge on any atom is 0.489 e. The fraction of sp³-hybridized carbons (Fsp3) is 0.118. The van der Waals surface area contributed by atoms with Crippen LogP contribution < -0.4 is 14.2 Å². The summed E-state index contributed by atoms with van der Waals surface area (Å²) in [7, 11) is 0. The molecule has 6 aromatic carbocycles. The molecule has 0 aliphatic carbocycles. The van der Waals surface area contributed by atoms with Crippen molar-refractivity contribution in [3.63, 3.8) is 0 Å². The summed E-state index contributed by atoms with van der Waals surface area (Å²) in [6.45, 7) is 0. The SMILES string of the molecule is c1cc2nc(c1)[C]13Oc4ccc5ccccc5c4C1c1cccc(n1)[C]14Oc5ccc6ccccc6c5C1c1cccc(n1)[C]1(Oc5ccc6ccccc6c5C21)[Al]34. The van der Waals surface area contributed by atoms with Crippen molar-refractivity contribution in [1.29, 1.82) is 0 Å². The fourth-order valence-corrected chi connectivity index (χ4v) is 18.6. The maximum atomic E-state index is 8.04. The van der Waals surface area contributed by atoms with Crippen LogP contribution in [-0.4, -0.2) is 29.1 Å². The number of nitrogens with zero attached hydrogens (tertiary/aromatic N) is 3. The molecule has 58 heavy (non-hydrogen) atoms. The van der Waals surface area contributed by atoms with E-state index >= 15 is 0 Å². The first-order valence-electron chi connectivity index (χ1n) is 20.2. The summed E-state index contributed by atoms with van der Waals surface area (Å²) in [5.41, 5.74) is 9.06. The van der Waals surface area contributed by atoms with Crippen LogP contribution in [0.2, 0.25) is 0 Å². The molecule has 6 nitrogen and oxygen atoms in total. The Labute approximate surface area is 337 Å². The van der Waals surface area contributed by atoms with Gasteiger partial charge in [0, 0.05) is 16.7 Å². The molecule has 9 heterocycles. The van der Waals surface area contributed by atoms with Crippen molar-refractivity contribution < 1.29 is 14.2 Å². The minimum Gasteiger partial charge on any atom is -0.495 e. The van der Waals surface area contributed by atoms with Crippen LogP contribution in [0.5, 0.6) is 17.2 Å². The van der Waals surface area contributed by atoms with Crippen molar-refractivity contribution in [2.24, 2.45) is 0 Å². The summed E-state index contributed by atoms with van der Waals surface area (Å²) >= 11 is -3.14. The minimum atomic E-state index is -3.14. The Balaban J connectivity index is 1.17. The number of benzene rings is 6. The molecule has 7 heteroatoms. The number of rotatable bonds is 0. The van der Waals surface area contributed by atoms with Gasteiger partial charge < -0.3 is 14.2 Å². The largest absolute Gasteiger partial charge is 0.495 e. The molecule has 270 valence electrons. The van der Waals surface area contributed by atoms with Crippen LogP contribution in [0.1, 0.15) is 68.6 Å². The van der Waals surface area contributed by atoms with Crippen LogP contribution in [0.3, 0.4) is 0 Å². The van der Waals surface area contributed by atoms with Crippen molar-refractivity contribution in [2.45, 2.75) is 31.1 Å². The second kappa shape index (κ2) is 10.1. The lowest BCUT2D eigenvalue weighted by atomic mass is 9.85. The van der Waals surface area contributed by atoms with E-state index in [1.54, 1.807) is 0 Å². The van der Waals surface area contributed by atoms with E-state index in [2.05, 4.69) is 164 Å². The maximum absolute atomic E-state index is 8.04. The zero-order valence-corrected chi connectivity index (χ0v) is 32.1. The summed E-state index contributed by atoms with van der Waals surface area (Å²) in [5.74, 6) is 1.66. The molecule has 0 saturated carbocycles. The van der Waals surface area contributed by atoms with Crippen LogP contribution in [0.4, 0.5) is 0 Å². The number of fused-ring (bicyclic) bond motifs is 21. The molecule has 0 radical (unpaired) electrons. The highest BCUT2D eigenvalue weighted by Crippen LogP contribution is 2.73. The van der Waals surface area contributed by atoms with Crippen LogP contribution in [-0.2, 0) is 13.4 Å². The lowest BCUT2D eigenvalue weighted by Crippen LogP contribution is -2.72. The third kappa shape index (κ3) is 3.27. The first-order valence-corrected chi connectivity index (χ1v) is 22.0. The molecule has 0 amide bonds. The Bertz CT molecular complexity index is 3020. The molecule has 6 bridgehead atoms. The molecule has 6 aliphatic heterocycles. The quantitative estimate of drug-likeness (QED) is 0.144. The summed E-state index contributed by atoms with van der Waals surface area (Å²) in [4.78, 5) is 17.5. The van der Waals surface area contributed by atoms with Crippen LogP contribution in [0.25, 0.3) is 32.3 Å². The third-order valence-electron chi connectivity index (χ3n) is 14.5. The van der Waals surface area contributed by atoms with Gasteiger partial charge in [-0.3, -0.25) is 15.0 Å². The second-order valence-corrected chi connectivity index (χ2v) is 20.3. The molecule has 3 spiro atoms. The van der Waals surface area contributed by atoms with Gasteiger partial charge in [0.15, 0.2) is 0 Å². The molecule has 6 aliphatic rings. The van der Waals surface area contributed by atoms with Gasteiger partial charge in [0.1, 0.15) is 30.6 Å². The van der Waals surface area contributed by atoms with E-state index in [0.717, 1.165) is 84.3 Å². The highest BCUT2D eigenvalue weighted by atomic mass is 27.2. The number of hydrogen-bond acceptors (Lipinski definition) is 6. The summed E-state index contributed by atoms with van der Waals surface area (Å²) in [6, 6.07) is 58.9. The summed E-state index contributed by atoms with van der Waals surface area (Å²) < 4.78 is 21.0. The van der Waals surface area contributed by atoms with E-state index in [4.69, 9.17) is 29.2 Å². The van der Waals surface area contributed by atoms with Gasteiger partial charge in [0.2, 0.25) is 0 Å². The molecule has 6 atom stereocenters. The monoisotopic (exact) mass is 759 g/mol. The Hall–Kier alpha value is -6.52. The predicted molar refractivity (Wildman–Crippen MR) is 223 cm³/mol. The first kappa shape index (κ1) is 30.6.